The second-order valence-electron chi connectivity index (χ2n) is 10.7. The normalized spacial score (nSPS) is 17.2. The first-order valence-electron chi connectivity index (χ1n) is 12.6. The maximum Gasteiger partial charge on any atom is 0.229 e. The van der Waals surface area contributed by atoms with Gasteiger partial charge in [0.15, 0.2) is 11.4 Å². The summed E-state index contributed by atoms with van der Waals surface area (Å²) in [5.41, 5.74) is 4.50. The Hall–Kier alpha value is -3.06. The van der Waals surface area contributed by atoms with Crippen molar-refractivity contribution < 1.29 is 24.1 Å². The van der Waals surface area contributed by atoms with E-state index in [1.165, 1.54) is 11.3 Å². The third-order valence-electron chi connectivity index (χ3n) is 6.76. The summed E-state index contributed by atoms with van der Waals surface area (Å²) >= 11 is 1.45. The van der Waals surface area contributed by atoms with Crippen LogP contribution < -0.4 is 14.8 Å². The van der Waals surface area contributed by atoms with Crippen LogP contribution in [0.25, 0.3) is 32.5 Å². The van der Waals surface area contributed by atoms with Crippen molar-refractivity contribution in [3.8, 4) is 22.8 Å². The van der Waals surface area contributed by atoms with Crippen molar-refractivity contribution in [2.45, 2.75) is 38.8 Å². The molecule has 0 bridgehead atoms. The summed E-state index contributed by atoms with van der Waals surface area (Å²) in [6.07, 6.45) is 2.66. The van der Waals surface area contributed by atoms with Crippen LogP contribution in [0.5, 0.6) is 11.6 Å². The van der Waals surface area contributed by atoms with E-state index in [2.05, 4.69) is 34.9 Å². The molecule has 4 heterocycles. The highest BCUT2D eigenvalue weighted by Gasteiger charge is 2.42. The maximum absolute atomic E-state index is 12.6. The van der Waals surface area contributed by atoms with E-state index in [-0.39, 0.29) is 24.3 Å². The molecule has 0 spiro atoms. The van der Waals surface area contributed by atoms with E-state index < -0.39 is 8.07 Å². The van der Waals surface area contributed by atoms with Crippen LogP contribution in [0.15, 0.2) is 23.8 Å². The predicted molar refractivity (Wildman–Crippen MR) is 151 cm³/mol. The lowest BCUT2D eigenvalue weighted by atomic mass is 10.1. The quantitative estimate of drug-likeness (QED) is 0.203. The zero-order valence-electron chi connectivity index (χ0n) is 22.3. The minimum atomic E-state index is -1.24. The smallest absolute Gasteiger partial charge is 0.229 e. The fourth-order valence-corrected chi connectivity index (χ4v) is 5.99. The number of pyridine rings is 2. The van der Waals surface area contributed by atoms with Gasteiger partial charge in [-0.05, 0) is 30.5 Å². The van der Waals surface area contributed by atoms with Gasteiger partial charge < -0.3 is 29.2 Å². The van der Waals surface area contributed by atoms with Gasteiger partial charge in [-0.15, -0.1) is 11.3 Å². The van der Waals surface area contributed by atoms with Crippen LogP contribution in [0, 0.1) is 11.8 Å². The summed E-state index contributed by atoms with van der Waals surface area (Å²) in [5, 5.41) is 13.1. The molecular weight excluding hydrogens is 522 g/mol. The molecule has 1 saturated carbocycles. The largest absolute Gasteiger partial charge is 0.494 e. The maximum atomic E-state index is 12.6. The van der Waals surface area contributed by atoms with Crippen molar-refractivity contribution >= 4 is 52.5 Å². The highest BCUT2D eigenvalue weighted by molar-refractivity contribution is 7.17. The highest BCUT2D eigenvalue weighted by Crippen LogP contribution is 2.46. The fourth-order valence-electron chi connectivity index (χ4n) is 4.48. The van der Waals surface area contributed by atoms with Gasteiger partial charge in [0.05, 0.1) is 25.3 Å². The molecule has 1 amide bonds. The van der Waals surface area contributed by atoms with Crippen LogP contribution in [0.1, 0.15) is 6.42 Å². The number of methoxy groups -OCH3 is 2. The molecule has 0 aliphatic heterocycles. The van der Waals surface area contributed by atoms with Crippen molar-refractivity contribution in [3.63, 3.8) is 0 Å². The van der Waals surface area contributed by atoms with E-state index in [9.17, 15) is 9.90 Å². The molecule has 0 saturated heterocycles. The van der Waals surface area contributed by atoms with E-state index in [0.29, 0.717) is 54.1 Å². The molecule has 4 aromatic heterocycles. The highest BCUT2D eigenvalue weighted by atomic mass is 32.1. The molecule has 5 rings (SSSR count). The van der Waals surface area contributed by atoms with Gasteiger partial charge in [-0.3, -0.25) is 4.79 Å². The van der Waals surface area contributed by atoms with Crippen LogP contribution in [-0.2, 0) is 16.3 Å². The Morgan fingerprint density at radius 2 is 2.05 bits per heavy atom. The lowest BCUT2D eigenvalue weighted by Gasteiger charge is -2.15. The Labute approximate surface area is 226 Å². The lowest BCUT2D eigenvalue weighted by molar-refractivity contribution is -0.117. The van der Waals surface area contributed by atoms with Crippen LogP contribution in [0.3, 0.4) is 0 Å². The molecule has 1 aliphatic carbocycles. The van der Waals surface area contributed by atoms with E-state index in [1.54, 1.807) is 25.8 Å². The van der Waals surface area contributed by atoms with Crippen molar-refractivity contribution in [3.05, 3.63) is 23.8 Å². The number of nitrogens with one attached hydrogen (secondary N) is 1. The summed E-state index contributed by atoms with van der Waals surface area (Å²) < 4.78 is 20.4. The summed E-state index contributed by atoms with van der Waals surface area (Å²) in [4.78, 5) is 26.4. The molecule has 1 fully saturated rings. The summed E-state index contributed by atoms with van der Waals surface area (Å²) in [6.45, 7) is 7.94. The lowest BCUT2D eigenvalue weighted by Crippen LogP contribution is -2.22. The molecule has 2 N–H and O–H groups in total. The molecular formula is C26H33N5O5SSi. The Morgan fingerprint density at radius 1 is 1.24 bits per heavy atom. The van der Waals surface area contributed by atoms with Crippen molar-refractivity contribution in [2.24, 2.45) is 11.8 Å². The number of ether oxygens (including phenoxy) is 3. The van der Waals surface area contributed by atoms with E-state index in [0.717, 1.165) is 21.7 Å². The molecule has 10 nitrogen and oxygen atoms in total. The number of aliphatic hydroxyl groups is 1. The minimum Gasteiger partial charge on any atom is -0.494 e. The van der Waals surface area contributed by atoms with Gasteiger partial charge in [0.2, 0.25) is 11.8 Å². The first-order chi connectivity index (χ1) is 18.2. The molecule has 1 aliphatic rings. The molecule has 202 valence electrons. The van der Waals surface area contributed by atoms with Gasteiger partial charge in [-0.2, -0.15) is 4.98 Å². The van der Waals surface area contributed by atoms with Gasteiger partial charge >= 0.3 is 0 Å². The number of nitrogens with zero attached hydrogens (tertiary/aromatic N) is 4. The van der Waals surface area contributed by atoms with E-state index in [1.807, 2.05) is 16.8 Å². The molecule has 0 aromatic carbocycles. The molecule has 12 heteroatoms. The average Bonchev–Trinajstić information content (AvgIpc) is 3.40. The number of hydrogen-bond acceptors (Lipinski definition) is 9. The number of aromatic nitrogens is 4. The Morgan fingerprint density at radius 3 is 2.74 bits per heavy atom. The zero-order chi connectivity index (χ0) is 27.0. The number of amides is 1. The van der Waals surface area contributed by atoms with Crippen molar-refractivity contribution in [1.29, 1.82) is 0 Å². The first-order valence-corrected chi connectivity index (χ1v) is 17.2. The average molecular weight is 556 g/mol. The topological polar surface area (TPSA) is 121 Å². The summed E-state index contributed by atoms with van der Waals surface area (Å²) in [6, 6.07) is 4.76. The number of hydrogen-bond donors (Lipinski definition) is 2. The molecule has 38 heavy (non-hydrogen) atoms. The summed E-state index contributed by atoms with van der Waals surface area (Å²) in [5.74, 6) is 1.23. The monoisotopic (exact) mass is 555 g/mol. The van der Waals surface area contributed by atoms with Crippen LogP contribution in [0.4, 0.5) is 5.82 Å². The fraction of sp³-hybridized carbons (Fsp3) is 0.462. The number of anilines is 1. The Kier molecular flexibility index (Phi) is 7.40. The van der Waals surface area contributed by atoms with Gasteiger partial charge in [-0.25, -0.2) is 9.97 Å². The van der Waals surface area contributed by atoms with Crippen molar-refractivity contribution in [2.75, 3.05) is 32.8 Å². The van der Waals surface area contributed by atoms with Gasteiger partial charge in [0.1, 0.15) is 22.9 Å². The number of fused-ring (bicyclic) bond motifs is 2. The van der Waals surface area contributed by atoms with E-state index in [4.69, 9.17) is 19.2 Å². The molecule has 4 aromatic rings. The van der Waals surface area contributed by atoms with E-state index >= 15 is 0 Å². The van der Waals surface area contributed by atoms with Crippen LogP contribution in [0.2, 0.25) is 25.7 Å². The number of rotatable bonds is 11. The third kappa shape index (κ3) is 5.26. The minimum absolute atomic E-state index is 0.0212. The third-order valence-corrected chi connectivity index (χ3v) is 9.28. The first kappa shape index (κ1) is 26.5. The standard InChI is InChI=1S/C26H33N5O5SSi/c1-34-21-20(26(35-2)30-23-22(21)37-13-27-23)18-11-31(14-36-8-9-38(3,4)5)24-16(18)6-7-19(28-24)29-25(33)17-10-15(17)12-32/h6-7,11,13,15,17,32H,8-10,12,14H2,1-5H3,(H,28,29,33). The second kappa shape index (κ2) is 10.6. The number of aliphatic hydroxyl groups excluding tert-OH is 1. The van der Waals surface area contributed by atoms with Crippen LogP contribution in [-0.4, -0.2) is 66.0 Å². The van der Waals surface area contributed by atoms with Crippen molar-refractivity contribution in [1.82, 2.24) is 19.5 Å². The number of carbonyl (C=O) groups excluding carboxylic acids is 1. The second-order valence-corrected chi connectivity index (χ2v) is 17.2. The van der Waals surface area contributed by atoms with Gasteiger partial charge in [0, 0.05) is 44.4 Å². The summed E-state index contributed by atoms with van der Waals surface area (Å²) in [7, 11) is 1.96. The molecule has 2 atom stereocenters. The SMILES string of the molecule is COc1nc2ncsc2c(OC)c1-c1cn(COCC[Si](C)(C)C)c2nc(NC(=O)C3CC3CO)ccc12. The van der Waals surface area contributed by atoms with Crippen LogP contribution >= 0.6 is 11.3 Å². The predicted octanol–water partition coefficient (Wildman–Crippen LogP) is 4.60. The van der Waals surface area contributed by atoms with Gasteiger partial charge in [-0.1, -0.05) is 19.6 Å². The molecule has 2 unspecified atom stereocenters. The molecule has 0 radical (unpaired) electrons. The van der Waals surface area contributed by atoms with Gasteiger partial charge in [0.25, 0.3) is 0 Å². The zero-order valence-corrected chi connectivity index (χ0v) is 24.1. The Bertz CT molecular complexity index is 1480. The number of thiazole rings is 1. The number of carbonyl (C=O) groups is 1. The Balaban J connectivity index is 1.57.